The Balaban J connectivity index is 2.20. The minimum Gasteiger partial charge on any atom is -0.396 e. The molecule has 11 heteroatoms. The molecule has 2 heterocycles. The molecule has 3 N–H and O–H groups in total. The zero-order valence-corrected chi connectivity index (χ0v) is 12.5. The molecule has 0 aromatic carbocycles. The van der Waals surface area contributed by atoms with Gasteiger partial charge in [0.25, 0.3) is 0 Å². The molecule has 0 bridgehead atoms. The molecule has 1 unspecified atom stereocenters. The summed E-state index contributed by atoms with van der Waals surface area (Å²) in [5, 5.41) is 9.33. The maximum absolute atomic E-state index is 10.8. The minimum absolute atomic E-state index is 0.00124. The van der Waals surface area contributed by atoms with Gasteiger partial charge in [-0.15, -0.1) is 0 Å². The Morgan fingerprint density at radius 1 is 1.38 bits per heavy atom. The zero-order chi connectivity index (χ0) is 15.5. The van der Waals surface area contributed by atoms with Crippen molar-refractivity contribution in [2.45, 2.75) is 12.5 Å². The maximum Gasteiger partial charge on any atom is 0.350 e. The van der Waals surface area contributed by atoms with Gasteiger partial charge in [0.05, 0.1) is 19.0 Å². The van der Waals surface area contributed by atoms with Crippen molar-refractivity contribution in [2.24, 2.45) is 0 Å². The molecule has 0 saturated heterocycles. The Labute approximate surface area is 124 Å². The summed E-state index contributed by atoms with van der Waals surface area (Å²) in [6.45, 7) is -0.124. The fourth-order valence-corrected chi connectivity index (χ4v) is 2.37. The molecule has 0 radical (unpaired) electrons. The van der Waals surface area contributed by atoms with E-state index in [1.165, 1.54) is 12.7 Å². The first-order chi connectivity index (χ1) is 9.92. The van der Waals surface area contributed by atoms with E-state index in [-0.39, 0.29) is 24.4 Å². The van der Waals surface area contributed by atoms with Crippen LogP contribution in [0.3, 0.4) is 0 Å². The highest BCUT2D eigenvalue weighted by molar-refractivity contribution is 7.51. The highest BCUT2D eigenvalue weighted by atomic mass is 35.5. The summed E-state index contributed by atoms with van der Waals surface area (Å²) in [6, 6.07) is -0.377. The Hall–Kier alpha value is -1.09. The predicted octanol–water partition coefficient (Wildman–Crippen LogP) is 0.555. The van der Waals surface area contributed by atoms with Gasteiger partial charge in [-0.2, -0.15) is 0 Å². The van der Waals surface area contributed by atoms with E-state index in [4.69, 9.17) is 31.2 Å². The second-order valence-corrected chi connectivity index (χ2v) is 6.26. The van der Waals surface area contributed by atoms with Gasteiger partial charge in [0, 0.05) is 6.61 Å². The number of fused-ring (bicyclic) bond motifs is 1. The van der Waals surface area contributed by atoms with Crippen molar-refractivity contribution in [1.29, 1.82) is 0 Å². The van der Waals surface area contributed by atoms with Crippen molar-refractivity contribution in [3.05, 3.63) is 17.8 Å². The number of hydrogen-bond acceptors (Lipinski definition) is 6. The summed E-state index contributed by atoms with van der Waals surface area (Å²) in [7, 11) is -4.23. The molecule has 9 nitrogen and oxygen atoms in total. The van der Waals surface area contributed by atoms with E-state index in [2.05, 4.69) is 15.0 Å². The van der Waals surface area contributed by atoms with Crippen LogP contribution in [0.2, 0.25) is 5.15 Å². The number of rotatable bonds is 7. The first kappa shape index (κ1) is 16.3. The van der Waals surface area contributed by atoms with E-state index in [9.17, 15) is 4.57 Å². The lowest BCUT2D eigenvalue weighted by atomic mass is 10.2. The van der Waals surface area contributed by atoms with E-state index >= 15 is 0 Å². The normalized spacial score (nSPS) is 13.7. The van der Waals surface area contributed by atoms with Crippen LogP contribution in [0.1, 0.15) is 12.5 Å². The molecule has 0 fully saturated rings. The van der Waals surface area contributed by atoms with Crippen LogP contribution in [0.4, 0.5) is 0 Å². The minimum atomic E-state index is -4.23. The number of ether oxygens (including phenoxy) is 1. The topological polar surface area (TPSA) is 131 Å². The Morgan fingerprint density at radius 3 is 2.81 bits per heavy atom. The first-order valence-electron chi connectivity index (χ1n) is 5.98. The summed E-state index contributed by atoms with van der Waals surface area (Å²) < 4.78 is 17.4. The van der Waals surface area contributed by atoms with Crippen LogP contribution < -0.4 is 0 Å². The van der Waals surface area contributed by atoms with Crippen LogP contribution in [0.25, 0.3) is 11.2 Å². The first-order valence-corrected chi connectivity index (χ1v) is 8.16. The standard InChI is InChI=1S/C10H14ClN4O5P/c11-9-8-10(13-4-12-9)15(5-14-8)7(1-2-16)3-20-6-21(17,18)19/h4-5,7,16H,1-3,6H2,(H2,17,18,19). The molecule has 2 aromatic heterocycles. The fraction of sp³-hybridized carbons (Fsp3) is 0.500. The quantitative estimate of drug-likeness (QED) is 0.493. The maximum atomic E-state index is 10.8. The van der Waals surface area contributed by atoms with Gasteiger partial charge < -0.3 is 24.2 Å². The molecule has 1 atom stereocenters. The van der Waals surface area contributed by atoms with Crippen LogP contribution in [0.5, 0.6) is 0 Å². The van der Waals surface area contributed by atoms with E-state index < -0.39 is 13.9 Å². The lowest BCUT2D eigenvalue weighted by Crippen LogP contribution is -2.17. The van der Waals surface area contributed by atoms with Crippen LogP contribution >= 0.6 is 19.2 Å². The summed E-state index contributed by atoms with van der Waals surface area (Å²) in [6.07, 6.45) is 2.40. The SMILES string of the molecule is O=P(O)(O)COCC(CCO)n1cnc2c(Cl)ncnc21. The average Bonchev–Trinajstić information content (AvgIpc) is 2.81. The smallest absolute Gasteiger partial charge is 0.350 e. The van der Waals surface area contributed by atoms with Gasteiger partial charge in [-0.25, -0.2) is 15.0 Å². The van der Waals surface area contributed by atoms with Gasteiger partial charge in [-0.3, -0.25) is 4.57 Å². The lowest BCUT2D eigenvalue weighted by Gasteiger charge is -2.18. The van der Waals surface area contributed by atoms with E-state index in [1.807, 2.05) is 0 Å². The number of aliphatic hydroxyl groups is 1. The third-order valence-electron chi connectivity index (χ3n) is 2.74. The number of aromatic nitrogens is 4. The average molecular weight is 337 g/mol. The molecular formula is C10H14ClN4O5P. The van der Waals surface area contributed by atoms with Crippen LogP contribution in [-0.4, -0.2) is 54.0 Å². The van der Waals surface area contributed by atoms with Gasteiger partial charge in [0.2, 0.25) is 0 Å². The Bertz CT molecular complexity index is 660. The molecule has 0 aliphatic heterocycles. The molecule has 2 rings (SSSR count). The molecule has 0 aliphatic carbocycles. The number of imidazole rings is 1. The van der Waals surface area contributed by atoms with Crippen LogP contribution in [0, 0.1) is 0 Å². The van der Waals surface area contributed by atoms with Crippen LogP contribution in [0.15, 0.2) is 12.7 Å². The third kappa shape index (κ3) is 4.19. The molecule has 0 saturated carbocycles. The number of hydrogen-bond donors (Lipinski definition) is 3. The van der Waals surface area contributed by atoms with E-state index in [1.54, 1.807) is 4.57 Å². The van der Waals surface area contributed by atoms with Crippen molar-refractivity contribution >= 4 is 30.4 Å². The van der Waals surface area contributed by atoms with Gasteiger partial charge >= 0.3 is 7.60 Å². The molecule has 0 aliphatic rings. The molecular weight excluding hydrogens is 323 g/mol. The number of nitrogens with zero attached hydrogens (tertiary/aromatic N) is 4. The summed E-state index contributed by atoms with van der Waals surface area (Å²) >= 11 is 5.91. The van der Waals surface area contributed by atoms with Crippen molar-refractivity contribution < 1.29 is 24.2 Å². The highest BCUT2D eigenvalue weighted by Crippen LogP contribution is 2.34. The third-order valence-corrected chi connectivity index (χ3v) is 3.54. The van der Waals surface area contributed by atoms with E-state index in [0.717, 1.165) is 0 Å². The monoisotopic (exact) mass is 336 g/mol. The van der Waals surface area contributed by atoms with Crippen molar-refractivity contribution in [2.75, 3.05) is 19.6 Å². The Morgan fingerprint density at radius 2 is 2.14 bits per heavy atom. The van der Waals surface area contributed by atoms with Gasteiger partial charge in [-0.05, 0) is 6.42 Å². The predicted molar refractivity (Wildman–Crippen MR) is 73.9 cm³/mol. The number of aliphatic hydroxyl groups excluding tert-OH is 1. The van der Waals surface area contributed by atoms with Crippen molar-refractivity contribution in [3.63, 3.8) is 0 Å². The van der Waals surface area contributed by atoms with Crippen LogP contribution in [-0.2, 0) is 9.30 Å². The molecule has 116 valence electrons. The lowest BCUT2D eigenvalue weighted by molar-refractivity contribution is 0.112. The second kappa shape index (κ2) is 6.78. The van der Waals surface area contributed by atoms with Crippen molar-refractivity contribution in [1.82, 2.24) is 19.5 Å². The summed E-state index contributed by atoms with van der Waals surface area (Å²) in [5.41, 5.74) is 0.880. The molecule has 0 amide bonds. The number of halogens is 1. The zero-order valence-electron chi connectivity index (χ0n) is 10.8. The second-order valence-electron chi connectivity index (χ2n) is 4.32. The summed E-state index contributed by atoms with van der Waals surface area (Å²) in [5.74, 6) is 0. The molecule has 21 heavy (non-hydrogen) atoms. The van der Waals surface area contributed by atoms with Gasteiger partial charge in [0.15, 0.2) is 10.8 Å². The molecule has 2 aromatic rings. The van der Waals surface area contributed by atoms with Crippen molar-refractivity contribution in [3.8, 4) is 0 Å². The molecule has 0 spiro atoms. The van der Waals surface area contributed by atoms with Gasteiger partial charge in [0.1, 0.15) is 18.2 Å². The highest BCUT2D eigenvalue weighted by Gasteiger charge is 2.19. The fourth-order valence-electron chi connectivity index (χ4n) is 1.85. The van der Waals surface area contributed by atoms with Gasteiger partial charge in [-0.1, -0.05) is 11.6 Å². The Kier molecular flexibility index (Phi) is 5.26. The largest absolute Gasteiger partial charge is 0.396 e. The van der Waals surface area contributed by atoms with E-state index in [0.29, 0.717) is 17.6 Å². The summed E-state index contributed by atoms with van der Waals surface area (Å²) in [4.78, 5) is 29.5.